The number of carbonyl (C=O) groups is 1. The highest BCUT2D eigenvalue weighted by molar-refractivity contribution is 5.82. The maximum Gasteiger partial charge on any atom is 0.419 e. The van der Waals surface area contributed by atoms with Crippen LogP contribution >= 0.6 is 0 Å². The zero-order valence-electron chi connectivity index (χ0n) is 14.0. The lowest BCUT2D eigenvalue weighted by atomic mass is 10.1. The molecule has 7 nitrogen and oxygen atoms in total. The molecule has 1 aliphatic heterocycles. The number of alkyl halides is 3. The van der Waals surface area contributed by atoms with Crippen LogP contribution in [0.1, 0.15) is 48.2 Å². The van der Waals surface area contributed by atoms with Gasteiger partial charge in [0.1, 0.15) is 6.04 Å². The summed E-state index contributed by atoms with van der Waals surface area (Å²) in [5, 5.41) is 9.91. The quantitative estimate of drug-likeness (QED) is 0.869. The normalized spacial score (nSPS) is 20.3. The molecule has 26 heavy (non-hydrogen) atoms. The summed E-state index contributed by atoms with van der Waals surface area (Å²) >= 11 is 0. The smallest absolute Gasteiger partial charge is 0.354 e. The van der Waals surface area contributed by atoms with Crippen molar-refractivity contribution in [2.45, 2.75) is 44.3 Å². The van der Waals surface area contributed by atoms with E-state index in [1.807, 2.05) is 0 Å². The molecule has 1 saturated carbocycles. The monoisotopic (exact) mass is 366 g/mol. The number of aromatic nitrogens is 4. The van der Waals surface area contributed by atoms with E-state index in [4.69, 9.17) is 0 Å². The van der Waals surface area contributed by atoms with Gasteiger partial charge in [-0.1, -0.05) is 0 Å². The number of amides is 1. The van der Waals surface area contributed by atoms with Gasteiger partial charge in [0.2, 0.25) is 11.9 Å². The Balaban J connectivity index is 1.61. The molecule has 4 rings (SSSR count). The number of anilines is 2. The Bertz CT molecular complexity index is 858. The van der Waals surface area contributed by atoms with Crippen molar-refractivity contribution in [1.29, 1.82) is 0 Å². The van der Waals surface area contributed by atoms with Crippen molar-refractivity contribution in [2.75, 3.05) is 11.9 Å². The third-order valence-corrected chi connectivity index (χ3v) is 4.69. The molecule has 2 aliphatic rings. The highest BCUT2D eigenvalue weighted by atomic mass is 19.4. The minimum Gasteiger partial charge on any atom is -0.354 e. The molecule has 2 aromatic heterocycles. The molecule has 0 radical (unpaired) electrons. The number of nitrogens with zero attached hydrogens (tertiary/aromatic N) is 4. The van der Waals surface area contributed by atoms with Gasteiger partial charge in [-0.2, -0.15) is 18.3 Å². The minimum absolute atomic E-state index is 0.0372. The van der Waals surface area contributed by atoms with Crippen molar-refractivity contribution in [2.24, 2.45) is 0 Å². The minimum atomic E-state index is -4.47. The van der Waals surface area contributed by atoms with Gasteiger partial charge in [-0.15, -0.1) is 0 Å². The summed E-state index contributed by atoms with van der Waals surface area (Å²) in [5.74, 6) is -0.163. The van der Waals surface area contributed by atoms with Crippen molar-refractivity contribution >= 4 is 17.5 Å². The lowest BCUT2D eigenvalue weighted by Crippen LogP contribution is -2.23. The largest absolute Gasteiger partial charge is 0.419 e. The average molecular weight is 366 g/mol. The first-order valence-electron chi connectivity index (χ1n) is 8.37. The summed E-state index contributed by atoms with van der Waals surface area (Å²) in [6, 6.07) is -0.374. The van der Waals surface area contributed by atoms with E-state index >= 15 is 0 Å². The molecule has 0 unspecified atom stereocenters. The van der Waals surface area contributed by atoms with Gasteiger partial charge in [0.15, 0.2) is 0 Å². The summed E-state index contributed by atoms with van der Waals surface area (Å²) in [5.41, 5.74) is 0.519. The molecule has 0 spiro atoms. The van der Waals surface area contributed by atoms with Crippen LogP contribution in [-0.4, -0.2) is 32.2 Å². The molecule has 1 atom stereocenters. The van der Waals surface area contributed by atoms with E-state index in [9.17, 15) is 18.0 Å². The van der Waals surface area contributed by atoms with E-state index in [0.717, 1.165) is 6.20 Å². The van der Waals surface area contributed by atoms with Crippen LogP contribution in [0.2, 0.25) is 0 Å². The van der Waals surface area contributed by atoms with Crippen molar-refractivity contribution < 1.29 is 18.0 Å². The van der Waals surface area contributed by atoms with E-state index in [1.54, 1.807) is 11.6 Å². The second-order valence-electron chi connectivity index (χ2n) is 6.57. The van der Waals surface area contributed by atoms with Crippen molar-refractivity contribution in [3.8, 4) is 0 Å². The van der Waals surface area contributed by atoms with Crippen molar-refractivity contribution in [3.63, 3.8) is 0 Å². The molecule has 2 N–H and O–H groups in total. The summed E-state index contributed by atoms with van der Waals surface area (Å²) in [6.45, 7) is 2.38. The maximum atomic E-state index is 13.1. The molecule has 1 saturated heterocycles. The first-order chi connectivity index (χ1) is 12.3. The van der Waals surface area contributed by atoms with Crippen LogP contribution in [-0.2, 0) is 11.0 Å². The van der Waals surface area contributed by atoms with E-state index < -0.39 is 11.7 Å². The Morgan fingerprint density at radius 1 is 1.27 bits per heavy atom. The summed E-state index contributed by atoms with van der Waals surface area (Å²) in [4.78, 5) is 19.7. The lowest BCUT2D eigenvalue weighted by molar-refractivity contribution is -0.138. The van der Waals surface area contributed by atoms with E-state index in [0.29, 0.717) is 37.2 Å². The number of carbonyl (C=O) groups excluding carboxylic acids is 1. The second-order valence-corrected chi connectivity index (χ2v) is 6.57. The number of hydrogen-bond acceptors (Lipinski definition) is 5. The molecule has 3 heterocycles. The van der Waals surface area contributed by atoms with Crippen molar-refractivity contribution in [3.05, 3.63) is 29.3 Å². The number of rotatable bonds is 4. The third-order valence-electron chi connectivity index (χ3n) is 4.69. The SMILES string of the molecule is Cc1c(Nc2ncc(C(F)(F)F)c(C3CC3)n2)cnn1[C@@H]1CCNC1=O. The molecule has 138 valence electrons. The Hall–Kier alpha value is -2.65. The molecule has 2 aromatic rings. The standard InChI is InChI=1S/C16H17F3N6O/c1-8-11(7-22-25(8)12-4-5-20-14(12)26)23-15-21-6-10(16(17,18)19)13(24-15)9-2-3-9/h6-7,9,12H,2-5H2,1H3,(H,20,26)(H,21,23,24)/t12-/m1/s1. The number of nitrogens with one attached hydrogen (secondary N) is 2. The molecule has 2 fully saturated rings. The van der Waals surface area contributed by atoms with Crippen LogP contribution in [0.15, 0.2) is 12.4 Å². The molecule has 0 bridgehead atoms. The highest BCUT2D eigenvalue weighted by Gasteiger charge is 2.40. The van der Waals surface area contributed by atoms with Crippen LogP contribution in [0.4, 0.5) is 24.8 Å². The Morgan fingerprint density at radius 3 is 2.65 bits per heavy atom. The van der Waals surface area contributed by atoms with Gasteiger partial charge in [-0.25, -0.2) is 9.97 Å². The molecular weight excluding hydrogens is 349 g/mol. The van der Waals surface area contributed by atoms with Crippen LogP contribution in [0, 0.1) is 6.92 Å². The molecule has 1 amide bonds. The zero-order valence-corrected chi connectivity index (χ0v) is 14.0. The van der Waals surface area contributed by atoms with Gasteiger partial charge in [0, 0.05) is 18.7 Å². The van der Waals surface area contributed by atoms with Gasteiger partial charge in [0.25, 0.3) is 0 Å². The molecule has 0 aromatic carbocycles. The zero-order chi connectivity index (χ0) is 18.5. The predicted octanol–water partition coefficient (Wildman–Crippen LogP) is 2.68. The number of hydrogen-bond donors (Lipinski definition) is 2. The van der Waals surface area contributed by atoms with E-state index in [1.165, 1.54) is 6.20 Å². The maximum absolute atomic E-state index is 13.1. The van der Waals surface area contributed by atoms with Crippen LogP contribution in [0.3, 0.4) is 0 Å². The van der Waals surface area contributed by atoms with E-state index in [2.05, 4.69) is 25.7 Å². The summed E-state index contributed by atoms with van der Waals surface area (Å²) < 4.78 is 41.0. The summed E-state index contributed by atoms with van der Waals surface area (Å²) in [6.07, 6.45) is -0.0665. The van der Waals surface area contributed by atoms with Crippen LogP contribution in [0.5, 0.6) is 0 Å². The lowest BCUT2D eigenvalue weighted by Gasteiger charge is -2.13. The fourth-order valence-corrected chi connectivity index (χ4v) is 3.14. The van der Waals surface area contributed by atoms with Gasteiger partial charge < -0.3 is 10.6 Å². The molecule has 1 aliphatic carbocycles. The number of halogens is 3. The van der Waals surface area contributed by atoms with Gasteiger partial charge in [-0.05, 0) is 26.2 Å². The van der Waals surface area contributed by atoms with Gasteiger partial charge in [-0.3, -0.25) is 9.48 Å². The van der Waals surface area contributed by atoms with Crippen LogP contribution < -0.4 is 10.6 Å². The van der Waals surface area contributed by atoms with E-state index in [-0.39, 0.29) is 29.5 Å². The fraction of sp³-hybridized carbons (Fsp3) is 0.500. The van der Waals surface area contributed by atoms with Crippen LogP contribution in [0.25, 0.3) is 0 Å². The molecular formula is C16H17F3N6O. The average Bonchev–Trinajstić information content (AvgIpc) is 3.26. The van der Waals surface area contributed by atoms with Gasteiger partial charge >= 0.3 is 6.18 Å². The van der Waals surface area contributed by atoms with Gasteiger partial charge in [0.05, 0.1) is 28.8 Å². The first kappa shape index (κ1) is 16.8. The summed E-state index contributed by atoms with van der Waals surface area (Å²) in [7, 11) is 0. The highest BCUT2D eigenvalue weighted by Crippen LogP contribution is 2.45. The van der Waals surface area contributed by atoms with Crippen molar-refractivity contribution in [1.82, 2.24) is 25.1 Å². The fourth-order valence-electron chi connectivity index (χ4n) is 3.14. The Morgan fingerprint density at radius 2 is 2.04 bits per heavy atom. The molecule has 10 heteroatoms. The predicted molar refractivity (Wildman–Crippen MR) is 85.9 cm³/mol. The topological polar surface area (TPSA) is 84.7 Å². The Labute approximate surface area is 147 Å². The Kier molecular flexibility index (Phi) is 3.85. The third kappa shape index (κ3) is 2.99. The first-order valence-corrected chi connectivity index (χ1v) is 8.37. The second kappa shape index (κ2) is 5.96.